The molecule has 1 N–H and O–H groups in total. The van der Waals surface area contributed by atoms with Crippen LogP contribution in [0.5, 0.6) is 0 Å². The molecule has 0 bridgehead atoms. The lowest BCUT2D eigenvalue weighted by molar-refractivity contribution is -0.138. The quantitative estimate of drug-likeness (QED) is 0.778. The largest absolute Gasteiger partial charge is 0.481 e. The fourth-order valence-electron chi connectivity index (χ4n) is 3.16. The molecule has 2 atom stereocenters. The second-order valence-corrected chi connectivity index (χ2v) is 6.13. The van der Waals surface area contributed by atoms with Crippen molar-refractivity contribution in [2.75, 3.05) is 26.8 Å². The lowest BCUT2D eigenvalue weighted by Gasteiger charge is -2.35. The number of carbonyl (C=O) groups is 2. The number of carbonyl (C=O) groups excluding carboxylic acids is 1. The predicted molar refractivity (Wildman–Crippen MR) is 78.1 cm³/mol. The SMILES string of the molecule is COCCN(C(=O)N1CCCC1CC(=O)O)C(C)C1CC1. The summed E-state index contributed by atoms with van der Waals surface area (Å²) in [6.07, 6.45) is 4.07. The van der Waals surface area contributed by atoms with Gasteiger partial charge in [0, 0.05) is 32.3 Å². The van der Waals surface area contributed by atoms with Gasteiger partial charge in [-0.2, -0.15) is 0 Å². The first-order valence-electron chi connectivity index (χ1n) is 7.82. The number of amides is 2. The molecule has 2 rings (SSSR count). The van der Waals surface area contributed by atoms with E-state index in [4.69, 9.17) is 9.84 Å². The van der Waals surface area contributed by atoms with Crippen LogP contribution in [-0.4, -0.2) is 65.8 Å². The minimum Gasteiger partial charge on any atom is -0.481 e. The number of ether oxygens (including phenoxy) is 1. The van der Waals surface area contributed by atoms with Crippen LogP contribution in [0.25, 0.3) is 0 Å². The second-order valence-electron chi connectivity index (χ2n) is 6.13. The number of nitrogens with zero attached hydrogens (tertiary/aromatic N) is 2. The molecule has 6 heteroatoms. The zero-order chi connectivity index (χ0) is 15.4. The van der Waals surface area contributed by atoms with E-state index in [9.17, 15) is 9.59 Å². The van der Waals surface area contributed by atoms with E-state index in [1.165, 1.54) is 12.8 Å². The number of hydrogen-bond acceptors (Lipinski definition) is 3. The average molecular weight is 298 g/mol. The molecule has 2 unspecified atom stereocenters. The first kappa shape index (κ1) is 16.1. The van der Waals surface area contributed by atoms with E-state index in [1.807, 2.05) is 4.90 Å². The summed E-state index contributed by atoms with van der Waals surface area (Å²) < 4.78 is 5.12. The Balaban J connectivity index is 2.03. The van der Waals surface area contributed by atoms with Crippen molar-refractivity contribution in [1.82, 2.24) is 9.80 Å². The molecule has 1 saturated heterocycles. The van der Waals surface area contributed by atoms with Crippen LogP contribution >= 0.6 is 0 Å². The van der Waals surface area contributed by atoms with E-state index >= 15 is 0 Å². The van der Waals surface area contributed by atoms with Gasteiger partial charge in [0.05, 0.1) is 13.0 Å². The molecular weight excluding hydrogens is 272 g/mol. The topological polar surface area (TPSA) is 70.1 Å². The summed E-state index contributed by atoms with van der Waals surface area (Å²) in [7, 11) is 1.63. The Hall–Kier alpha value is -1.30. The summed E-state index contributed by atoms with van der Waals surface area (Å²) in [6, 6.07) is 0.0281. The van der Waals surface area contributed by atoms with Crippen LogP contribution in [0.15, 0.2) is 0 Å². The van der Waals surface area contributed by atoms with Gasteiger partial charge in [-0.25, -0.2) is 4.79 Å². The maximum absolute atomic E-state index is 12.8. The van der Waals surface area contributed by atoms with Crippen molar-refractivity contribution in [3.8, 4) is 0 Å². The van der Waals surface area contributed by atoms with Crippen molar-refractivity contribution in [3.63, 3.8) is 0 Å². The molecule has 2 fully saturated rings. The van der Waals surface area contributed by atoms with Crippen molar-refractivity contribution in [1.29, 1.82) is 0 Å². The monoisotopic (exact) mass is 298 g/mol. The highest BCUT2D eigenvalue weighted by atomic mass is 16.5. The summed E-state index contributed by atoms with van der Waals surface area (Å²) in [6.45, 7) is 3.84. The Morgan fingerprint density at radius 1 is 1.38 bits per heavy atom. The van der Waals surface area contributed by atoms with E-state index in [-0.39, 0.29) is 24.5 Å². The number of likely N-dealkylation sites (tertiary alicyclic amines) is 1. The zero-order valence-electron chi connectivity index (χ0n) is 13.0. The first-order chi connectivity index (χ1) is 10.0. The van der Waals surface area contributed by atoms with E-state index in [2.05, 4.69) is 6.92 Å². The molecule has 0 aromatic heterocycles. The smallest absolute Gasteiger partial charge is 0.320 e. The predicted octanol–water partition coefficient (Wildman–Crippen LogP) is 1.79. The van der Waals surface area contributed by atoms with Gasteiger partial charge >= 0.3 is 12.0 Å². The van der Waals surface area contributed by atoms with Crippen LogP contribution in [0.1, 0.15) is 39.0 Å². The molecule has 0 aromatic rings. The molecule has 1 aliphatic carbocycles. The highest BCUT2D eigenvalue weighted by Gasteiger charge is 2.38. The van der Waals surface area contributed by atoms with Crippen LogP contribution in [0.3, 0.4) is 0 Å². The highest BCUT2D eigenvalue weighted by molar-refractivity contribution is 5.77. The maximum atomic E-state index is 12.8. The van der Waals surface area contributed by atoms with Gasteiger partial charge in [0.25, 0.3) is 0 Å². The normalized spacial score (nSPS) is 23.1. The average Bonchev–Trinajstić information content (AvgIpc) is 3.19. The van der Waals surface area contributed by atoms with Crippen molar-refractivity contribution in [2.45, 2.75) is 51.1 Å². The molecule has 1 saturated carbocycles. The van der Waals surface area contributed by atoms with Gasteiger partial charge in [-0.15, -0.1) is 0 Å². The zero-order valence-corrected chi connectivity index (χ0v) is 13.0. The summed E-state index contributed by atoms with van der Waals surface area (Å²) in [4.78, 5) is 27.4. The number of hydrogen-bond donors (Lipinski definition) is 1. The molecule has 6 nitrogen and oxygen atoms in total. The molecule has 120 valence electrons. The Kier molecular flexibility index (Phi) is 5.45. The molecule has 0 radical (unpaired) electrons. The van der Waals surface area contributed by atoms with E-state index in [1.54, 1.807) is 12.0 Å². The van der Waals surface area contributed by atoms with E-state index < -0.39 is 5.97 Å². The summed E-state index contributed by atoms with van der Waals surface area (Å²) >= 11 is 0. The summed E-state index contributed by atoms with van der Waals surface area (Å²) in [5.41, 5.74) is 0. The van der Waals surface area contributed by atoms with Crippen LogP contribution < -0.4 is 0 Å². The Morgan fingerprint density at radius 3 is 2.67 bits per heavy atom. The Labute approximate surface area is 126 Å². The molecule has 2 amide bonds. The van der Waals surface area contributed by atoms with E-state index in [0.29, 0.717) is 25.6 Å². The van der Waals surface area contributed by atoms with Gasteiger partial charge in [0.1, 0.15) is 0 Å². The minimum absolute atomic E-state index is 0.0183. The molecule has 0 aromatic carbocycles. The maximum Gasteiger partial charge on any atom is 0.320 e. The third-order valence-electron chi connectivity index (χ3n) is 4.61. The van der Waals surface area contributed by atoms with Crippen LogP contribution in [0.4, 0.5) is 4.79 Å². The van der Waals surface area contributed by atoms with Crippen molar-refractivity contribution in [3.05, 3.63) is 0 Å². The summed E-state index contributed by atoms with van der Waals surface area (Å²) in [5, 5.41) is 8.99. The highest BCUT2D eigenvalue weighted by Crippen LogP contribution is 2.36. The van der Waals surface area contributed by atoms with Crippen molar-refractivity contribution < 1.29 is 19.4 Å². The number of rotatable bonds is 7. The standard InChI is InChI=1S/C15H26N2O4/c1-11(12-5-6-12)16(8-9-21-2)15(20)17-7-3-4-13(17)10-14(18)19/h11-13H,3-10H2,1-2H3,(H,18,19). The lowest BCUT2D eigenvalue weighted by Crippen LogP contribution is -2.51. The van der Waals surface area contributed by atoms with Gasteiger partial charge in [0.2, 0.25) is 0 Å². The lowest BCUT2D eigenvalue weighted by atomic mass is 10.1. The Bertz CT molecular complexity index is 384. The Morgan fingerprint density at radius 2 is 2.10 bits per heavy atom. The first-order valence-corrected chi connectivity index (χ1v) is 7.82. The number of carboxylic acid groups (broad SMARTS) is 1. The second kappa shape index (κ2) is 7.11. The number of urea groups is 1. The molecule has 1 aliphatic heterocycles. The third kappa shape index (κ3) is 4.09. The third-order valence-corrected chi connectivity index (χ3v) is 4.61. The molecule has 0 spiro atoms. The van der Waals surface area contributed by atoms with Gasteiger partial charge in [-0.05, 0) is 38.5 Å². The number of methoxy groups -OCH3 is 1. The van der Waals surface area contributed by atoms with Crippen LogP contribution in [-0.2, 0) is 9.53 Å². The number of carboxylic acids is 1. The summed E-state index contributed by atoms with van der Waals surface area (Å²) in [5.74, 6) is -0.246. The molecule has 1 heterocycles. The van der Waals surface area contributed by atoms with Crippen LogP contribution in [0, 0.1) is 5.92 Å². The fourth-order valence-corrected chi connectivity index (χ4v) is 3.16. The van der Waals surface area contributed by atoms with Gasteiger partial charge in [-0.1, -0.05) is 0 Å². The molecule has 21 heavy (non-hydrogen) atoms. The van der Waals surface area contributed by atoms with Gasteiger partial charge in [0.15, 0.2) is 0 Å². The van der Waals surface area contributed by atoms with E-state index in [0.717, 1.165) is 12.8 Å². The minimum atomic E-state index is -0.835. The molecule has 2 aliphatic rings. The number of aliphatic carboxylic acids is 1. The van der Waals surface area contributed by atoms with Crippen molar-refractivity contribution >= 4 is 12.0 Å². The fraction of sp³-hybridized carbons (Fsp3) is 0.867. The van der Waals surface area contributed by atoms with Crippen molar-refractivity contribution in [2.24, 2.45) is 5.92 Å². The van der Waals surface area contributed by atoms with Gasteiger partial charge < -0.3 is 19.6 Å². The van der Waals surface area contributed by atoms with Crippen LogP contribution in [0.2, 0.25) is 0 Å². The molecular formula is C15H26N2O4. The van der Waals surface area contributed by atoms with Gasteiger partial charge in [-0.3, -0.25) is 4.79 Å².